The van der Waals surface area contributed by atoms with E-state index in [2.05, 4.69) is 80.7 Å². The van der Waals surface area contributed by atoms with E-state index in [1.165, 1.54) is 35.2 Å². The van der Waals surface area contributed by atoms with Crippen LogP contribution in [0, 0.1) is 5.92 Å². The van der Waals surface area contributed by atoms with Gasteiger partial charge in [-0.15, -0.1) is 0 Å². The maximum absolute atomic E-state index is 13.1. The Morgan fingerprint density at radius 2 is 1.68 bits per heavy atom. The molecule has 0 radical (unpaired) electrons. The highest BCUT2D eigenvalue weighted by molar-refractivity contribution is 5.90. The minimum Gasteiger partial charge on any atom is -0.495 e. The first-order valence-electron chi connectivity index (χ1n) is 15.5. The number of piperidine rings is 1. The minimum atomic E-state index is 0.142. The van der Waals surface area contributed by atoms with E-state index in [1.54, 1.807) is 7.11 Å². The molecule has 2 heterocycles. The number of rotatable bonds is 9. The molecule has 0 aromatic heterocycles. The quantitative estimate of drug-likeness (QED) is 0.374. The number of piperazine rings is 1. The molecule has 2 atom stereocenters. The number of carbonyl (C=O) groups excluding carboxylic acids is 1. The number of fused-ring (bicyclic) bond motifs is 1. The van der Waals surface area contributed by atoms with Crippen LogP contribution in [0.4, 0.5) is 11.4 Å². The molecule has 3 aromatic carbocycles. The largest absolute Gasteiger partial charge is 0.495 e. The van der Waals surface area contributed by atoms with Crippen LogP contribution in [0.2, 0.25) is 0 Å². The summed E-state index contributed by atoms with van der Waals surface area (Å²) in [6.07, 6.45) is 6.16. The summed E-state index contributed by atoms with van der Waals surface area (Å²) in [5.41, 5.74) is 6.35. The molecule has 0 unspecified atom stereocenters. The Kier molecular flexibility index (Phi) is 8.88. The summed E-state index contributed by atoms with van der Waals surface area (Å²) < 4.78 is 5.64. The average Bonchev–Trinajstić information content (AvgIpc) is 3.49. The lowest BCUT2D eigenvalue weighted by Crippen LogP contribution is -2.56. The van der Waals surface area contributed by atoms with E-state index >= 15 is 0 Å². The fraction of sp³-hybridized carbons (Fsp3) is 0.457. The summed E-state index contributed by atoms with van der Waals surface area (Å²) in [4.78, 5) is 20.9. The molecule has 2 aliphatic heterocycles. The second-order valence-corrected chi connectivity index (χ2v) is 12.0. The van der Waals surface area contributed by atoms with E-state index in [0.29, 0.717) is 18.4 Å². The highest BCUT2D eigenvalue weighted by atomic mass is 16.5. The Hall–Kier alpha value is -3.35. The topological polar surface area (TPSA) is 48.1 Å². The van der Waals surface area contributed by atoms with E-state index in [4.69, 9.17) is 4.74 Å². The number of anilines is 2. The number of carbonyl (C=O) groups is 1. The van der Waals surface area contributed by atoms with Crippen molar-refractivity contribution >= 4 is 17.3 Å². The lowest BCUT2D eigenvalue weighted by Gasteiger charge is -2.47. The number of hydrogen-bond acceptors (Lipinski definition) is 5. The molecule has 6 heteroatoms. The monoisotopic (exact) mass is 552 g/mol. The fourth-order valence-electron chi connectivity index (χ4n) is 7.22. The summed E-state index contributed by atoms with van der Waals surface area (Å²) in [5, 5.41) is 3.21. The van der Waals surface area contributed by atoms with Crippen LogP contribution in [0.5, 0.6) is 5.75 Å². The second-order valence-electron chi connectivity index (χ2n) is 12.0. The molecule has 6 nitrogen and oxygen atoms in total. The van der Waals surface area contributed by atoms with Gasteiger partial charge in [0.05, 0.1) is 12.8 Å². The van der Waals surface area contributed by atoms with Gasteiger partial charge in [0.25, 0.3) is 0 Å². The summed E-state index contributed by atoms with van der Waals surface area (Å²) >= 11 is 0. The van der Waals surface area contributed by atoms with Crippen LogP contribution >= 0.6 is 0 Å². The lowest BCUT2D eigenvalue weighted by molar-refractivity contribution is -0.116. The molecule has 3 aliphatic rings. The smallest absolute Gasteiger partial charge is 0.224 e. The van der Waals surface area contributed by atoms with Crippen LogP contribution in [-0.2, 0) is 24.2 Å². The van der Waals surface area contributed by atoms with Crippen molar-refractivity contribution in [2.45, 2.75) is 51.1 Å². The zero-order valence-corrected chi connectivity index (χ0v) is 24.4. The van der Waals surface area contributed by atoms with Crippen molar-refractivity contribution in [1.82, 2.24) is 9.80 Å². The van der Waals surface area contributed by atoms with Crippen molar-refractivity contribution < 1.29 is 9.53 Å². The number of likely N-dealkylation sites (tertiary alicyclic amines) is 1. The highest BCUT2D eigenvalue weighted by Gasteiger charge is 2.35. The zero-order chi connectivity index (χ0) is 28.0. The van der Waals surface area contributed by atoms with Crippen molar-refractivity contribution in [1.29, 1.82) is 0 Å². The molecule has 1 N–H and O–H groups in total. The summed E-state index contributed by atoms with van der Waals surface area (Å²) in [5.74, 6) is 1.56. The first kappa shape index (κ1) is 27.8. The molecule has 41 heavy (non-hydrogen) atoms. The van der Waals surface area contributed by atoms with Gasteiger partial charge in [-0.3, -0.25) is 14.6 Å². The molecule has 0 bridgehead atoms. The number of para-hydroxylation sites is 2. The van der Waals surface area contributed by atoms with Crippen molar-refractivity contribution in [3.63, 3.8) is 0 Å². The Morgan fingerprint density at radius 1 is 0.902 bits per heavy atom. The summed E-state index contributed by atoms with van der Waals surface area (Å²) in [6, 6.07) is 26.1. The van der Waals surface area contributed by atoms with Crippen LogP contribution < -0.4 is 15.0 Å². The fourth-order valence-corrected chi connectivity index (χ4v) is 7.22. The second kappa shape index (κ2) is 13.1. The first-order valence-corrected chi connectivity index (χ1v) is 15.5. The van der Waals surface area contributed by atoms with Gasteiger partial charge in [0.1, 0.15) is 5.75 Å². The maximum Gasteiger partial charge on any atom is 0.224 e. The molecular weight excluding hydrogens is 508 g/mol. The SMILES string of the molecule is COc1ccccc1N1CCN([C@@H]2CCN(Cc3ccccc3)C[C@@H]2CCC(=O)Nc2ccc3c(c2)CCC3)CC1. The Morgan fingerprint density at radius 3 is 2.51 bits per heavy atom. The van der Waals surface area contributed by atoms with Gasteiger partial charge in [0.2, 0.25) is 5.91 Å². The standard InChI is InChI=1S/C35H44N4O2/c1-41-34-13-6-5-12-33(34)39-22-20-38(21-23-39)32-18-19-37(25-27-8-3-2-4-9-27)26-30(32)15-17-35(40)36-31-16-14-28-10-7-11-29(28)24-31/h2-6,8-9,12-14,16,24,30,32H,7,10-11,15,17-23,25-26H2,1H3,(H,36,40)/t30-,32+/m0/s1. The van der Waals surface area contributed by atoms with Gasteiger partial charge >= 0.3 is 0 Å². The maximum atomic E-state index is 13.1. The normalized spacial score (nSPS) is 21.4. The van der Waals surface area contributed by atoms with Gasteiger partial charge in [-0.2, -0.15) is 0 Å². The number of aryl methyl sites for hydroxylation is 2. The minimum absolute atomic E-state index is 0.142. The van der Waals surface area contributed by atoms with Crippen molar-refractivity contribution in [2.24, 2.45) is 5.92 Å². The van der Waals surface area contributed by atoms with Crippen LogP contribution in [0.3, 0.4) is 0 Å². The molecule has 1 aliphatic carbocycles. The predicted octanol–water partition coefficient (Wildman–Crippen LogP) is 5.62. The number of hydrogen-bond donors (Lipinski definition) is 1. The predicted molar refractivity (Wildman–Crippen MR) is 167 cm³/mol. The van der Waals surface area contributed by atoms with E-state index < -0.39 is 0 Å². The van der Waals surface area contributed by atoms with Gasteiger partial charge in [0, 0.05) is 57.4 Å². The van der Waals surface area contributed by atoms with Crippen molar-refractivity contribution in [3.05, 3.63) is 89.5 Å². The Labute approximate surface area is 245 Å². The number of nitrogens with one attached hydrogen (secondary N) is 1. The van der Waals surface area contributed by atoms with Crippen LogP contribution in [0.1, 0.15) is 42.4 Å². The number of amides is 1. The van der Waals surface area contributed by atoms with E-state index in [9.17, 15) is 4.79 Å². The number of nitrogens with zero attached hydrogens (tertiary/aromatic N) is 3. The molecule has 2 saturated heterocycles. The third-order valence-corrected chi connectivity index (χ3v) is 9.36. The molecule has 3 aromatic rings. The molecule has 216 valence electrons. The van der Waals surface area contributed by atoms with Gasteiger partial charge in [0.15, 0.2) is 0 Å². The molecular formula is C35H44N4O2. The molecule has 2 fully saturated rings. The number of ether oxygens (including phenoxy) is 1. The number of methoxy groups -OCH3 is 1. The summed E-state index contributed by atoms with van der Waals surface area (Å²) in [7, 11) is 1.75. The summed E-state index contributed by atoms with van der Waals surface area (Å²) in [6.45, 7) is 7.19. The van der Waals surface area contributed by atoms with Crippen LogP contribution in [-0.4, -0.2) is 68.1 Å². The third kappa shape index (κ3) is 6.77. The molecule has 6 rings (SSSR count). The van der Waals surface area contributed by atoms with Crippen LogP contribution in [0.25, 0.3) is 0 Å². The Bertz CT molecular complexity index is 1300. The molecule has 0 saturated carbocycles. The van der Waals surface area contributed by atoms with Gasteiger partial charge in [-0.25, -0.2) is 0 Å². The first-order chi connectivity index (χ1) is 20.2. The van der Waals surface area contributed by atoms with E-state index in [1.807, 2.05) is 12.1 Å². The Balaban J connectivity index is 1.09. The van der Waals surface area contributed by atoms with Gasteiger partial charge in [-0.05, 0) is 85.5 Å². The van der Waals surface area contributed by atoms with Crippen LogP contribution in [0.15, 0.2) is 72.8 Å². The lowest BCUT2D eigenvalue weighted by atomic mass is 9.86. The molecule has 0 spiro atoms. The number of benzene rings is 3. The third-order valence-electron chi connectivity index (χ3n) is 9.36. The van der Waals surface area contributed by atoms with E-state index in [-0.39, 0.29) is 5.91 Å². The molecule has 1 amide bonds. The average molecular weight is 553 g/mol. The van der Waals surface area contributed by atoms with Crippen molar-refractivity contribution in [3.8, 4) is 5.75 Å². The zero-order valence-electron chi connectivity index (χ0n) is 24.4. The van der Waals surface area contributed by atoms with E-state index in [0.717, 1.165) is 76.5 Å². The van der Waals surface area contributed by atoms with Crippen molar-refractivity contribution in [2.75, 3.05) is 56.6 Å². The highest BCUT2D eigenvalue weighted by Crippen LogP contribution is 2.32. The van der Waals surface area contributed by atoms with Gasteiger partial charge in [-0.1, -0.05) is 48.5 Å². The van der Waals surface area contributed by atoms with Gasteiger partial charge < -0.3 is 15.0 Å².